The van der Waals surface area contributed by atoms with Gasteiger partial charge in [-0.05, 0) is 63.9 Å². The van der Waals surface area contributed by atoms with E-state index in [-0.39, 0.29) is 28.7 Å². The molecule has 2 N–H and O–H groups in total. The van der Waals surface area contributed by atoms with Crippen LogP contribution in [0.4, 0.5) is 26.3 Å². The van der Waals surface area contributed by atoms with Crippen molar-refractivity contribution in [3.8, 4) is 0 Å². The molecule has 0 saturated carbocycles. The van der Waals surface area contributed by atoms with Gasteiger partial charge >= 0.3 is 18.0 Å². The predicted molar refractivity (Wildman–Crippen MR) is 129 cm³/mol. The summed E-state index contributed by atoms with van der Waals surface area (Å²) in [6.45, 7) is 6.87. The first-order valence-electron chi connectivity index (χ1n) is 11.8. The fraction of sp³-hybridized carbons (Fsp3) is 0.423. The SMILES string of the molecule is CC(C)(CC(C)(C)NC(=O)c1ccc(C2(C(F)(F)F)N=N2)cc1)NC(=O)c1ccc(C2(C(F)(F)F)C=N2)cc1. The number of nitrogens with zero attached hydrogens (tertiary/aromatic N) is 3. The fourth-order valence-electron chi connectivity index (χ4n) is 4.65. The molecule has 0 saturated heterocycles. The second-order valence-corrected chi connectivity index (χ2v) is 10.9. The number of carbonyl (C=O) groups excluding carboxylic acids is 2. The van der Waals surface area contributed by atoms with Crippen molar-refractivity contribution in [1.82, 2.24) is 10.6 Å². The van der Waals surface area contributed by atoms with Gasteiger partial charge in [-0.3, -0.25) is 14.6 Å². The molecule has 0 fully saturated rings. The first-order valence-corrected chi connectivity index (χ1v) is 11.8. The Morgan fingerprint density at radius 2 is 1.08 bits per heavy atom. The molecule has 1 atom stereocenters. The first kappa shape index (κ1) is 28.2. The van der Waals surface area contributed by atoms with Gasteiger partial charge in [-0.2, -0.15) is 26.3 Å². The summed E-state index contributed by atoms with van der Waals surface area (Å²) in [4.78, 5) is 29.0. The van der Waals surface area contributed by atoms with Crippen LogP contribution in [0.25, 0.3) is 0 Å². The van der Waals surface area contributed by atoms with E-state index in [1.165, 1.54) is 36.4 Å². The minimum Gasteiger partial charge on any atom is -0.347 e. The number of alkyl halides is 6. The lowest BCUT2D eigenvalue weighted by molar-refractivity contribution is -0.166. The van der Waals surface area contributed by atoms with Crippen LogP contribution in [0.5, 0.6) is 0 Å². The minimum atomic E-state index is -4.67. The van der Waals surface area contributed by atoms with Gasteiger partial charge in [-0.25, -0.2) is 0 Å². The summed E-state index contributed by atoms with van der Waals surface area (Å²) in [7, 11) is 0. The van der Waals surface area contributed by atoms with Crippen molar-refractivity contribution in [2.45, 2.75) is 68.7 Å². The highest BCUT2D eigenvalue weighted by molar-refractivity contribution is 5.96. The van der Waals surface area contributed by atoms with E-state index in [1.807, 2.05) is 0 Å². The van der Waals surface area contributed by atoms with Gasteiger partial charge < -0.3 is 10.6 Å². The van der Waals surface area contributed by atoms with E-state index in [4.69, 9.17) is 0 Å². The van der Waals surface area contributed by atoms with Gasteiger partial charge in [-0.15, -0.1) is 10.2 Å². The van der Waals surface area contributed by atoms with Gasteiger partial charge in [0.25, 0.3) is 11.8 Å². The highest BCUT2D eigenvalue weighted by Gasteiger charge is 2.65. The average Bonchev–Trinajstić information content (AvgIpc) is 3.70. The van der Waals surface area contributed by atoms with Crippen molar-refractivity contribution in [2.24, 2.45) is 15.2 Å². The minimum absolute atomic E-state index is 0.0859. The van der Waals surface area contributed by atoms with E-state index >= 15 is 0 Å². The van der Waals surface area contributed by atoms with Crippen molar-refractivity contribution < 1.29 is 35.9 Å². The second kappa shape index (κ2) is 8.88. The normalized spacial score (nSPS) is 19.9. The Kier molecular flexibility index (Phi) is 6.43. The molecule has 2 amide bonds. The lowest BCUT2D eigenvalue weighted by Gasteiger charge is -2.36. The summed E-state index contributed by atoms with van der Waals surface area (Å²) in [5.74, 6) is -1.05. The number of benzene rings is 2. The number of carbonyl (C=O) groups is 2. The number of hydrogen-bond acceptors (Lipinski definition) is 5. The summed E-state index contributed by atoms with van der Waals surface area (Å²) in [5, 5.41) is 11.9. The zero-order valence-corrected chi connectivity index (χ0v) is 21.3. The maximum Gasteiger partial charge on any atom is 0.442 e. The zero-order valence-electron chi connectivity index (χ0n) is 21.3. The third kappa shape index (κ3) is 5.52. The molecule has 7 nitrogen and oxygen atoms in total. The van der Waals surface area contributed by atoms with E-state index in [2.05, 4.69) is 25.9 Å². The quantitative estimate of drug-likeness (QED) is 0.403. The van der Waals surface area contributed by atoms with Gasteiger partial charge in [0.15, 0.2) is 0 Å². The number of rotatable bonds is 8. The molecule has 2 heterocycles. The van der Waals surface area contributed by atoms with Crippen LogP contribution in [0.15, 0.2) is 63.8 Å². The molecule has 2 aromatic rings. The number of halogens is 6. The van der Waals surface area contributed by atoms with Crippen LogP contribution in [-0.2, 0) is 11.2 Å². The predicted octanol–water partition coefficient (Wildman–Crippen LogP) is 5.82. The van der Waals surface area contributed by atoms with Gasteiger partial charge in [0, 0.05) is 34.0 Å². The van der Waals surface area contributed by atoms with Crippen molar-refractivity contribution in [3.05, 3.63) is 70.8 Å². The summed E-state index contributed by atoms with van der Waals surface area (Å²) < 4.78 is 79.3. The van der Waals surface area contributed by atoms with Crippen LogP contribution in [0, 0.1) is 0 Å². The Bertz CT molecular complexity index is 1230. The highest BCUT2D eigenvalue weighted by atomic mass is 19.4. The standard InChI is InChI=1S/C26H25F6N5O2/c1-21(2,34-19(38)15-5-9-17(10-6-15)23(14-33-23)25(27,28)29)13-22(3,4)35-20(39)16-7-11-18(12-8-16)24(36-37-24)26(30,31)32/h5-12,14H,13H2,1-4H3,(H,34,38)(H,35,39). The molecule has 1 unspecified atom stereocenters. The molecule has 208 valence electrons. The van der Waals surface area contributed by atoms with E-state index in [9.17, 15) is 35.9 Å². The molecule has 39 heavy (non-hydrogen) atoms. The Morgan fingerprint density at radius 3 is 1.38 bits per heavy atom. The number of amides is 2. The third-order valence-electron chi connectivity index (χ3n) is 6.44. The Labute approximate surface area is 219 Å². The maximum atomic E-state index is 13.2. The van der Waals surface area contributed by atoms with Crippen LogP contribution in [0.1, 0.15) is 66.0 Å². The summed E-state index contributed by atoms with van der Waals surface area (Å²) >= 11 is 0. The third-order valence-corrected chi connectivity index (χ3v) is 6.44. The van der Waals surface area contributed by atoms with Gasteiger partial charge in [0.05, 0.1) is 0 Å². The number of aliphatic imine (C=N–C) groups is 1. The second-order valence-electron chi connectivity index (χ2n) is 10.9. The lowest BCUT2D eigenvalue weighted by atomic mass is 9.86. The van der Waals surface area contributed by atoms with Gasteiger partial charge in [0.2, 0.25) is 5.54 Å². The molecule has 13 heteroatoms. The summed E-state index contributed by atoms with van der Waals surface area (Å²) in [6.07, 6.45) is -8.18. The maximum absolute atomic E-state index is 13.2. The first-order chi connectivity index (χ1) is 17.8. The molecular weight excluding hydrogens is 528 g/mol. The lowest BCUT2D eigenvalue weighted by Crippen LogP contribution is -2.53. The Balaban J connectivity index is 1.36. The fourth-order valence-corrected chi connectivity index (χ4v) is 4.65. The van der Waals surface area contributed by atoms with Crippen molar-refractivity contribution in [3.63, 3.8) is 0 Å². The van der Waals surface area contributed by atoms with E-state index in [0.29, 0.717) is 0 Å². The monoisotopic (exact) mass is 553 g/mol. The van der Waals surface area contributed by atoms with Crippen molar-refractivity contribution in [2.75, 3.05) is 0 Å². The number of hydrogen-bond donors (Lipinski definition) is 2. The summed E-state index contributed by atoms with van der Waals surface area (Å²) in [6, 6.07) is 9.80. The molecule has 4 rings (SSSR count). The molecule has 0 radical (unpaired) electrons. The highest BCUT2D eigenvalue weighted by Crippen LogP contribution is 2.52. The molecule has 0 aromatic heterocycles. The zero-order chi connectivity index (χ0) is 29.1. The largest absolute Gasteiger partial charge is 0.442 e. The summed E-state index contributed by atoms with van der Waals surface area (Å²) in [5.41, 5.74) is -6.63. The topological polar surface area (TPSA) is 95.3 Å². The Hall–Kier alpha value is -3.77. The molecule has 0 aliphatic carbocycles. The van der Waals surface area contributed by atoms with Crippen LogP contribution in [0.2, 0.25) is 0 Å². The van der Waals surface area contributed by atoms with Crippen LogP contribution in [-0.4, -0.2) is 41.5 Å². The van der Waals surface area contributed by atoms with Crippen LogP contribution in [0.3, 0.4) is 0 Å². The molecule has 2 aliphatic rings. The molecule has 0 spiro atoms. The molecule has 0 bridgehead atoms. The van der Waals surface area contributed by atoms with E-state index in [1.54, 1.807) is 27.7 Å². The molecular formula is C26H25F6N5O2. The van der Waals surface area contributed by atoms with Crippen molar-refractivity contribution in [1.29, 1.82) is 0 Å². The molecule has 2 aromatic carbocycles. The van der Waals surface area contributed by atoms with E-state index < -0.39 is 46.4 Å². The van der Waals surface area contributed by atoms with E-state index in [0.717, 1.165) is 18.3 Å². The number of nitrogens with one attached hydrogen (secondary N) is 2. The Morgan fingerprint density at radius 1 is 0.692 bits per heavy atom. The average molecular weight is 554 g/mol. The molecule has 2 aliphatic heterocycles. The van der Waals surface area contributed by atoms with Gasteiger partial charge in [0.1, 0.15) is 0 Å². The smallest absolute Gasteiger partial charge is 0.347 e. The van der Waals surface area contributed by atoms with Crippen LogP contribution < -0.4 is 10.6 Å². The van der Waals surface area contributed by atoms with Crippen molar-refractivity contribution >= 4 is 18.0 Å². The van der Waals surface area contributed by atoms with Gasteiger partial charge in [-0.1, -0.05) is 24.3 Å². The van der Waals surface area contributed by atoms with Crippen LogP contribution >= 0.6 is 0 Å².